The van der Waals surface area contributed by atoms with Crippen molar-refractivity contribution in [2.24, 2.45) is 0 Å². The number of Topliss-reactive ketones (excluding diaryl/α,β-unsaturated/α-hetero) is 1. The van der Waals surface area contributed by atoms with Crippen molar-refractivity contribution in [2.75, 3.05) is 18.0 Å². The van der Waals surface area contributed by atoms with Crippen LogP contribution in [0.25, 0.3) is 0 Å². The highest BCUT2D eigenvalue weighted by atomic mass is 35.5. The van der Waals surface area contributed by atoms with E-state index in [1.54, 1.807) is 0 Å². The van der Waals surface area contributed by atoms with Crippen LogP contribution in [0.2, 0.25) is 5.02 Å². The fraction of sp³-hybridized carbons (Fsp3) is 0.417. The van der Waals surface area contributed by atoms with E-state index >= 15 is 0 Å². The molecule has 1 aliphatic rings. The minimum Gasteiger partial charge on any atom is -0.369 e. The second-order valence-corrected chi connectivity index (χ2v) is 4.31. The largest absolute Gasteiger partial charge is 0.369 e. The molecule has 0 saturated carbocycles. The molecule has 0 spiro atoms. The summed E-state index contributed by atoms with van der Waals surface area (Å²) in [6.45, 7) is 3.59. The normalized spacial score (nSPS) is 16.9. The number of hydrogen-bond acceptors (Lipinski definition) is 2. The number of ketones is 1. The number of hydrogen-bond donors (Lipinski definition) is 0. The van der Waals surface area contributed by atoms with E-state index in [2.05, 4.69) is 4.90 Å². The summed E-state index contributed by atoms with van der Waals surface area (Å²) in [5, 5.41) is 0.812. The van der Waals surface area contributed by atoms with Gasteiger partial charge in [-0.2, -0.15) is 0 Å². The molecule has 0 N–H and O–H groups in total. The third-order valence-corrected chi connectivity index (χ3v) is 3.32. The van der Waals surface area contributed by atoms with Crippen molar-refractivity contribution in [3.05, 3.63) is 28.8 Å². The second kappa shape index (κ2) is 4.23. The van der Waals surface area contributed by atoms with Gasteiger partial charge in [0.15, 0.2) is 0 Å². The summed E-state index contributed by atoms with van der Waals surface area (Å²) in [7, 11) is 0. The Morgan fingerprint density at radius 3 is 2.60 bits per heavy atom. The minimum absolute atomic E-state index is 0.357. The lowest BCUT2D eigenvalue weighted by molar-refractivity contribution is -0.119. The highest BCUT2D eigenvalue weighted by Gasteiger charge is 2.18. The van der Waals surface area contributed by atoms with Crippen LogP contribution in [0.3, 0.4) is 0 Å². The Balaban J connectivity index is 2.22. The fourth-order valence-corrected chi connectivity index (χ4v) is 2.12. The first-order valence-corrected chi connectivity index (χ1v) is 5.58. The van der Waals surface area contributed by atoms with Gasteiger partial charge in [0.2, 0.25) is 0 Å². The number of aryl methyl sites for hydroxylation is 1. The van der Waals surface area contributed by atoms with E-state index < -0.39 is 0 Å². The molecule has 0 radical (unpaired) electrons. The molecular formula is C12H14ClNO. The minimum atomic E-state index is 0.357. The SMILES string of the molecule is Cc1cccc(N2CCC(=O)CC2)c1Cl. The van der Waals surface area contributed by atoms with E-state index in [-0.39, 0.29) is 0 Å². The maximum Gasteiger partial charge on any atom is 0.136 e. The van der Waals surface area contributed by atoms with Crippen LogP contribution in [0.5, 0.6) is 0 Å². The van der Waals surface area contributed by atoms with Crippen molar-refractivity contribution >= 4 is 23.1 Å². The van der Waals surface area contributed by atoms with Crippen LogP contribution in [0.15, 0.2) is 18.2 Å². The molecule has 0 aliphatic carbocycles. The molecule has 0 amide bonds. The van der Waals surface area contributed by atoms with Crippen LogP contribution in [0.1, 0.15) is 18.4 Å². The van der Waals surface area contributed by atoms with Crippen LogP contribution < -0.4 is 4.90 Å². The smallest absolute Gasteiger partial charge is 0.136 e. The van der Waals surface area contributed by atoms with Crippen LogP contribution in [0.4, 0.5) is 5.69 Å². The average Bonchev–Trinajstić information content (AvgIpc) is 2.24. The van der Waals surface area contributed by atoms with Gasteiger partial charge in [0, 0.05) is 25.9 Å². The number of piperidine rings is 1. The summed E-state index contributed by atoms with van der Waals surface area (Å²) in [5.74, 6) is 0.357. The van der Waals surface area contributed by atoms with Gasteiger partial charge in [0.05, 0.1) is 10.7 Å². The van der Waals surface area contributed by atoms with Gasteiger partial charge in [-0.05, 0) is 18.6 Å². The molecule has 0 atom stereocenters. The van der Waals surface area contributed by atoms with Crippen molar-refractivity contribution in [1.29, 1.82) is 0 Å². The van der Waals surface area contributed by atoms with Crippen LogP contribution >= 0.6 is 11.6 Å². The zero-order valence-corrected chi connectivity index (χ0v) is 9.55. The first-order valence-electron chi connectivity index (χ1n) is 5.20. The topological polar surface area (TPSA) is 20.3 Å². The number of anilines is 1. The summed E-state index contributed by atoms with van der Waals surface area (Å²) in [4.78, 5) is 13.3. The molecule has 1 aromatic carbocycles. The highest BCUT2D eigenvalue weighted by molar-refractivity contribution is 6.34. The predicted octanol–water partition coefficient (Wildman–Crippen LogP) is 2.82. The molecule has 80 valence electrons. The Morgan fingerprint density at radius 2 is 1.93 bits per heavy atom. The number of halogens is 1. The zero-order valence-electron chi connectivity index (χ0n) is 8.79. The second-order valence-electron chi connectivity index (χ2n) is 3.93. The fourth-order valence-electron chi connectivity index (χ4n) is 1.87. The van der Waals surface area contributed by atoms with E-state index in [0.29, 0.717) is 18.6 Å². The van der Waals surface area contributed by atoms with Crippen molar-refractivity contribution in [3.8, 4) is 0 Å². The number of benzene rings is 1. The third kappa shape index (κ3) is 2.15. The lowest BCUT2D eigenvalue weighted by atomic mass is 10.1. The Hall–Kier alpha value is -1.02. The van der Waals surface area contributed by atoms with Crippen LogP contribution in [-0.4, -0.2) is 18.9 Å². The van der Waals surface area contributed by atoms with Gasteiger partial charge >= 0.3 is 0 Å². The maximum absolute atomic E-state index is 11.1. The van der Waals surface area contributed by atoms with Crippen molar-refractivity contribution in [1.82, 2.24) is 0 Å². The quantitative estimate of drug-likeness (QED) is 0.730. The predicted molar refractivity (Wildman–Crippen MR) is 62.6 cm³/mol. The zero-order chi connectivity index (χ0) is 10.8. The summed E-state index contributed by atoms with van der Waals surface area (Å²) in [6, 6.07) is 6.03. The summed E-state index contributed by atoms with van der Waals surface area (Å²) in [6.07, 6.45) is 1.29. The molecular weight excluding hydrogens is 210 g/mol. The number of rotatable bonds is 1. The molecule has 15 heavy (non-hydrogen) atoms. The van der Waals surface area contributed by atoms with Crippen LogP contribution in [-0.2, 0) is 4.79 Å². The first-order chi connectivity index (χ1) is 7.18. The lowest BCUT2D eigenvalue weighted by Crippen LogP contribution is -2.33. The van der Waals surface area contributed by atoms with E-state index in [0.717, 1.165) is 29.4 Å². The lowest BCUT2D eigenvalue weighted by Gasteiger charge is -2.29. The van der Waals surface area contributed by atoms with Crippen molar-refractivity contribution in [2.45, 2.75) is 19.8 Å². The summed E-state index contributed by atoms with van der Waals surface area (Å²) < 4.78 is 0. The van der Waals surface area contributed by atoms with Gasteiger partial charge in [-0.15, -0.1) is 0 Å². The molecule has 2 rings (SSSR count). The van der Waals surface area contributed by atoms with Gasteiger partial charge < -0.3 is 4.90 Å². The summed E-state index contributed by atoms with van der Waals surface area (Å²) in [5.41, 5.74) is 2.15. The average molecular weight is 224 g/mol. The molecule has 1 saturated heterocycles. The molecule has 0 bridgehead atoms. The summed E-state index contributed by atoms with van der Waals surface area (Å²) >= 11 is 6.24. The van der Waals surface area contributed by atoms with Gasteiger partial charge in [0.25, 0.3) is 0 Å². The molecule has 1 heterocycles. The number of carbonyl (C=O) groups is 1. The van der Waals surface area contributed by atoms with Crippen molar-refractivity contribution < 1.29 is 4.79 Å². The molecule has 1 aromatic rings. The Kier molecular flexibility index (Phi) is 2.96. The van der Waals surface area contributed by atoms with Gasteiger partial charge in [0.1, 0.15) is 5.78 Å². The monoisotopic (exact) mass is 223 g/mol. The van der Waals surface area contributed by atoms with Crippen LogP contribution in [0, 0.1) is 6.92 Å². The third-order valence-electron chi connectivity index (χ3n) is 2.83. The highest BCUT2D eigenvalue weighted by Crippen LogP contribution is 2.30. The standard InChI is InChI=1S/C12H14ClNO/c1-9-3-2-4-11(12(9)13)14-7-5-10(15)6-8-14/h2-4H,5-8H2,1H3. The Labute approximate surface area is 94.8 Å². The maximum atomic E-state index is 11.1. The van der Waals surface area contributed by atoms with E-state index in [9.17, 15) is 4.79 Å². The van der Waals surface area contributed by atoms with E-state index in [1.165, 1.54) is 0 Å². The molecule has 1 fully saturated rings. The van der Waals surface area contributed by atoms with E-state index in [1.807, 2.05) is 25.1 Å². The first kappa shape index (κ1) is 10.5. The number of carbonyl (C=O) groups excluding carboxylic acids is 1. The molecule has 0 aromatic heterocycles. The van der Waals surface area contributed by atoms with E-state index in [4.69, 9.17) is 11.6 Å². The molecule has 3 heteroatoms. The Morgan fingerprint density at radius 1 is 1.27 bits per heavy atom. The van der Waals surface area contributed by atoms with Gasteiger partial charge in [-0.25, -0.2) is 0 Å². The molecule has 2 nitrogen and oxygen atoms in total. The number of nitrogens with zero attached hydrogens (tertiary/aromatic N) is 1. The van der Waals surface area contributed by atoms with Gasteiger partial charge in [-0.3, -0.25) is 4.79 Å². The molecule has 0 unspecified atom stereocenters. The molecule has 1 aliphatic heterocycles. The van der Waals surface area contributed by atoms with Crippen molar-refractivity contribution in [3.63, 3.8) is 0 Å². The van der Waals surface area contributed by atoms with Gasteiger partial charge in [-0.1, -0.05) is 23.7 Å². The Bertz CT molecular complexity index is 379.